The lowest BCUT2D eigenvalue weighted by Gasteiger charge is -2.39. The van der Waals surface area contributed by atoms with Crippen LogP contribution in [0.2, 0.25) is 5.02 Å². The van der Waals surface area contributed by atoms with Crippen LogP contribution >= 0.6 is 11.6 Å². The number of amides is 1. The summed E-state index contributed by atoms with van der Waals surface area (Å²) < 4.78 is 21.1. The molecule has 2 aromatic heterocycles. The van der Waals surface area contributed by atoms with E-state index >= 15 is 0 Å². The number of hydrogen-bond donors (Lipinski definition) is 1. The number of rotatable bonds is 6. The SMILES string of the molecule is C=CC(=O)N1CCN(c2c(C#N)c(OC[C@@H]3CCCN3C)nc3c2CCN(c2c(Cl)c(F)cc4[nH]ncc24)C3)CC1. The number of likely N-dealkylation sites (N-methyl/N-ethyl adjacent to an activating group) is 1. The molecule has 41 heavy (non-hydrogen) atoms. The number of hydrogen-bond acceptors (Lipinski definition) is 8. The first kappa shape index (κ1) is 27.3. The van der Waals surface area contributed by atoms with Gasteiger partial charge in [-0.1, -0.05) is 18.2 Å². The number of nitrogens with zero attached hydrogens (tertiary/aromatic N) is 7. The number of benzene rings is 1. The van der Waals surface area contributed by atoms with Crippen LogP contribution in [0.5, 0.6) is 5.88 Å². The van der Waals surface area contributed by atoms with Gasteiger partial charge in [-0.15, -0.1) is 0 Å². The Balaban J connectivity index is 1.39. The summed E-state index contributed by atoms with van der Waals surface area (Å²) in [5, 5.41) is 18.1. The second kappa shape index (κ2) is 11.2. The molecule has 0 spiro atoms. The van der Waals surface area contributed by atoms with E-state index in [0.29, 0.717) is 74.9 Å². The Bertz CT molecular complexity index is 1540. The zero-order valence-corrected chi connectivity index (χ0v) is 23.8. The summed E-state index contributed by atoms with van der Waals surface area (Å²) >= 11 is 6.51. The van der Waals surface area contributed by atoms with Crippen LogP contribution in [-0.2, 0) is 17.8 Å². The maximum Gasteiger partial charge on any atom is 0.246 e. The summed E-state index contributed by atoms with van der Waals surface area (Å²) in [5.74, 6) is -0.305. The highest BCUT2D eigenvalue weighted by Gasteiger charge is 2.33. The number of halogens is 2. The summed E-state index contributed by atoms with van der Waals surface area (Å²) in [6.07, 6.45) is 5.70. The number of H-pyrrole nitrogens is 1. The summed E-state index contributed by atoms with van der Waals surface area (Å²) in [7, 11) is 2.08. The number of fused-ring (bicyclic) bond motifs is 2. The number of aromatic nitrogens is 3. The zero-order chi connectivity index (χ0) is 28.7. The highest BCUT2D eigenvalue weighted by atomic mass is 35.5. The summed E-state index contributed by atoms with van der Waals surface area (Å²) in [6, 6.07) is 4.00. The van der Waals surface area contributed by atoms with E-state index in [1.165, 1.54) is 12.1 Å². The van der Waals surface area contributed by atoms with Crippen molar-refractivity contribution in [2.75, 3.05) is 62.7 Å². The third kappa shape index (κ3) is 4.96. The summed E-state index contributed by atoms with van der Waals surface area (Å²) in [5.41, 5.74) is 4.11. The Hall–Kier alpha value is -3.88. The quantitative estimate of drug-likeness (QED) is 0.443. The Kier molecular flexibility index (Phi) is 7.45. The fourth-order valence-corrected chi connectivity index (χ4v) is 6.53. The van der Waals surface area contributed by atoms with Crippen LogP contribution in [0, 0.1) is 17.1 Å². The largest absolute Gasteiger partial charge is 0.475 e. The Labute approximate surface area is 242 Å². The fraction of sp³-hybridized carbons (Fsp3) is 0.448. The van der Waals surface area contributed by atoms with E-state index in [2.05, 4.69) is 39.7 Å². The number of carbonyl (C=O) groups is 1. The smallest absolute Gasteiger partial charge is 0.246 e. The summed E-state index contributed by atoms with van der Waals surface area (Å²) in [4.78, 5) is 25.3. The number of anilines is 2. The van der Waals surface area contributed by atoms with E-state index in [9.17, 15) is 14.4 Å². The maximum atomic E-state index is 14.8. The molecular weight excluding hydrogens is 547 g/mol. The first-order valence-corrected chi connectivity index (χ1v) is 14.3. The number of carbonyl (C=O) groups excluding carboxylic acids is 1. The van der Waals surface area contributed by atoms with Gasteiger partial charge in [0.15, 0.2) is 0 Å². The van der Waals surface area contributed by atoms with Crippen LogP contribution in [0.4, 0.5) is 15.8 Å². The van der Waals surface area contributed by atoms with Crippen molar-refractivity contribution in [2.24, 2.45) is 0 Å². The molecule has 0 unspecified atom stereocenters. The minimum absolute atomic E-state index is 0.0416. The van der Waals surface area contributed by atoms with Crippen molar-refractivity contribution in [3.63, 3.8) is 0 Å². The average Bonchev–Trinajstić information content (AvgIpc) is 3.63. The van der Waals surface area contributed by atoms with E-state index in [4.69, 9.17) is 21.3 Å². The molecule has 12 heteroatoms. The van der Waals surface area contributed by atoms with Gasteiger partial charge in [0.1, 0.15) is 29.1 Å². The second-order valence-corrected chi connectivity index (χ2v) is 11.2. The molecule has 0 saturated carbocycles. The highest BCUT2D eigenvalue weighted by molar-refractivity contribution is 6.35. The molecule has 2 saturated heterocycles. The molecule has 3 aromatic rings. The predicted molar refractivity (Wildman–Crippen MR) is 155 cm³/mol. The van der Waals surface area contributed by atoms with Crippen molar-refractivity contribution in [1.29, 1.82) is 5.26 Å². The van der Waals surface area contributed by atoms with Crippen LogP contribution < -0.4 is 14.5 Å². The average molecular weight is 579 g/mol. The van der Waals surface area contributed by atoms with Crippen molar-refractivity contribution in [3.8, 4) is 11.9 Å². The molecule has 3 aliphatic rings. The number of likely N-dealkylation sites (tertiary alicyclic amines) is 1. The molecule has 214 valence electrons. The molecule has 1 amide bonds. The predicted octanol–water partition coefficient (Wildman–Crippen LogP) is 3.49. The van der Waals surface area contributed by atoms with E-state index in [1.807, 2.05) is 4.90 Å². The Morgan fingerprint density at radius 1 is 1.27 bits per heavy atom. The van der Waals surface area contributed by atoms with Crippen molar-refractivity contribution in [2.45, 2.75) is 31.8 Å². The molecule has 5 heterocycles. The summed E-state index contributed by atoms with van der Waals surface area (Å²) in [6.45, 7) is 8.18. The molecule has 1 aromatic carbocycles. The van der Waals surface area contributed by atoms with E-state index in [0.717, 1.165) is 41.7 Å². The number of pyridine rings is 1. The Morgan fingerprint density at radius 2 is 2.07 bits per heavy atom. The van der Waals surface area contributed by atoms with Crippen LogP contribution in [0.15, 0.2) is 24.9 Å². The monoisotopic (exact) mass is 578 g/mol. The van der Waals surface area contributed by atoms with Crippen molar-refractivity contribution < 1.29 is 13.9 Å². The van der Waals surface area contributed by atoms with Gasteiger partial charge in [0, 0.05) is 55.8 Å². The topological polar surface area (TPSA) is 105 Å². The number of piperazine rings is 1. The normalized spacial score (nSPS) is 19.4. The number of nitriles is 1. The van der Waals surface area contributed by atoms with Gasteiger partial charge >= 0.3 is 0 Å². The lowest BCUT2D eigenvalue weighted by molar-refractivity contribution is -0.126. The molecule has 1 atom stereocenters. The van der Waals surface area contributed by atoms with Crippen LogP contribution in [0.3, 0.4) is 0 Å². The van der Waals surface area contributed by atoms with Gasteiger partial charge in [-0.25, -0.2) is 9.37 Å². The van der Waals surface area contributed by atoms with Crippen molar-refractivity contribution in [1.82, 2.24) is 25.0 Å². The molecule has 2 fully saturated rings. The van der Waals surface area contributed by atoms with Crippen LogP contribution in [-0.4, -0.2) is 89.9 Å². The molecule has 3 aliphatic heterocycles. The van der Waals surface area contributed by atoms with E-state index in [-0.39, 0.29) is 17.0 Å². The lowest BCUT2D eigenvalue weighted by Crippen LogP contribution is -2.49. The van der Waals surface area contributed by atoms with E-state index in [1.54, 1.807) is 11.1 Å². The lowest BCUT2D eigenvalue weighted by atomic mass is 9.97. The van der Waals surface area contributed by atoms with Gasteiger partial charge in [0.2, 0.25) is 11.8 Å². The number of nitrogens with one attached hydrogen (secondary N) is 1. The van der Waals surface area contributed by atoms with Crippen LogP contribution in [0.25, 0.3) is 10.9 Å². The molecule has 0 radical (unpaired) electrons. The molecule has 1 N–H and O–H groups in total. The third-order valence-electron chi connectivity index (χ3n) is 8.50. The van der Waals surface area contributed by atoms with Gasteiger partial charge in [-0.3, -0.25) is 9.89 Å². The molecule has 10 nitrogen and oxygen atoms in total. The zero-order valence-electron chi connectivity index (χ0n) is 23.0. The third-order valence-corrected chi connectivity index (χ3v) is 8.86. The molecule has 0 bridgehead atoms. The molecule has 0 aliphatic carbocycles. The highest BCUT2D eigenvalue weighted by Crippen LogP contribution is 2.41. The van der Waals surface area contributed by atoms with E-state index < -0.39 is 5.82 Å². The van der Waals surface area contributed by atoms with Crippen molar-refractivity contribution >= 4 is 39.8 Å². The van der Waals surface area contributed by atoms with Gasteiger partial charge < -0.3 is 24.3 Å². The number of ether oxygens (including phenoxy) is 1. The Morgan fingerprint density at radius 3 is 2.78 bits per heavy atom. The van der Waals surface area contributed by atoms with Crippen molar-refractivity contribution in [3.05, 3.63) is 52.6 Å². The van der Waals surface area contributed by atoms with Gasteiger partial charge in [-0.05, 0) is 38.9 Å². The second-order valence-electron chi connectivity index (χ2n) is 10.8. The maximum absolute atomic E-state index is 14.8. The van der Waals surface area contributed by atoms with Crippen LogP contribution in [0.1, 0.15) is 29.7 Å². The first-order valence-electron chi connectivity index (χ1n) is 13.9. The van der Waals surface area contributed by atoms with Gasteiger partial charge in [0.05, 0.1) is 35.3 Å². The standard InChI is InChI=1S/C29H32ClFN8O2/c1-3-25(40)37-9-11-38(12-10-37)27-19-6-8-39(28-21-15-33-35-23(21)13-22(31)26(28)30)16-24(19)34-29(20(27)14-32)41-17-18-5-4-7-36(18)2/h3,13,15,18H,1,4-12,16-17H2,2H3,(H,33,35)/t18-/m0/s1. The van der Waals surface area contributed by atoms with Gasteiger partial charge in [-0.2, -0.15) is 10.4 Å². The first-order chi connectivity index (χ1) is 19.9. The number of aromatic amines is 1. The minimum atomic E-state index is -0.519. The molecular formula is C29H32ClFN8O2. The molecule has 6 rings (SSSR count). The minimum Gasteiger partial charge on any atom is -0.475 e. The van der Waals surface area contributed by atoms with Gasteiger partial charge in [0.25, 0.3) is 0 Å². The fourth-order valence-electron chi connectivity index (χ4n) is 6.25.